The van der Waals surface area contributed by atoms with Crippen molar-refractivity contribution in [2.75, 3.05) is 29.1 Å². The third-order valence-electron chi connectivity index (χ3n) is 6.78. The molecule has 10 heteroatoms. The average Bonchev–Trinajstić information content (AvgIpc) is 2.94. The molecule has 0 aliphatic carbocycles. The molecule has 218 valence electrons. The molecule has 0 radical (unpaired) electrons. The number of ether oxygens (including phenoxy) is 1. The van der Waals surface area contributed by atoms with Crippen molar-refractivity contribution in [1.29, 1.82) is 0 Å². The summed E-state index contributed by atoms with van der Waals surface area (Å²) in [5, 5.41) is 1.42. The molecule has 9 nitrogen and oxygen atoms in total. The fourth-order valence-corrected chi connectivity index (χ4v) is 5.55. The van der Waals surface area contributed by atoms with E-state index < -0.39 is 39.6 Å². The van der Waals surface area contributed by atoms with Gasteiger partial charge in [0.05, 0.1) is 24.7 Å². The van der Waals surface area contributed by atoms with Crippen LogP contribution in [0.4, 0.5) is 17.1 Å². The monoisotopic (exact) mass is 587 g/mol. The summed E-state index contributed by atoms with van der Waals surface area (Å²) in [4.78, 5) is 41.4. The van der Waals surface area contributed by atoms with Gasteiger partial charge in [0.25, 0.3) is 5.78 Å². The number of amides is 2. The zero-order valence-corrected chi connectivity index (χ0v) is 24.9. The third kappa shape index (κ3) is 6.13. The number of carbonyl (C=O) groups is 3. The maximum absolute atomic E-state index is 14.3. The SMILES string of the molecule is COc1c(N(C(=O)C(=O)c2cccc3ccccc23)c2ccccc2)cc(C(C)(C)C)cc1N(CC(N)=O)S(C)(=O)=O. The zero-order valence-electron chi connectivity index (χ0n) is 24.1. The molecule has 0 bridgehead atoms. The maximum atomic E-state index is 14.3. The summed E-state index contributed by atoms with van der Waals surface area (Å²) in [6.07, 6.45) is 0.947. The highest BCUT2D eigenvalue weighted by Crippen LogP contribution is 2.45. The van der Waals surface area contributed by atoms with E-state index in [9.17, 15) is 22.8 Å². The summed E-state index contributed by atoms with van der Waals surface area (Å²) >= 11 is 0. The van der Waals surface area contributed by atoms with Gasteiger partial charge in [-0.3, -0.25) is 23.6 Å². The minimum atomic E-state index is -4.04. The standard InChI is InChI=1S/C32H33N3O6S/c1-32(2,3)22-18-26(34(20-28(33)36)42(5,39)40)30(41-4)27(19-22)35(23-14-7-6-8-15-23)31(38)29(37)25-17-11-13-21-12-9-10-16-24(21)25/h6-19H,20H2,1-5H3,(H2,33,36). The van der Waals surface area contributed by atoms with Gasteiger partial charge < -0.3 is 10.5 Å². The Kier molecular flexibility index (Phi) is 8.40. The summed E-state index contributed by atoms with van der Waals surface area (Å²) in [5.74, 6) is -2.56. The van der Waals surface area contributed by atoms with Gasteiger partial charge in [-0.25, -0.2) is 8.42 Å². The molecule has 2 N–H and O–H groups in total. The van der Waals surface area contributed by atoms with Gasteiger partial charge in [0.15, 0.2) is 5.75 Å². The van der Waals surface area contributed by atoms with Gasteiger partial charge in [-0.05, 0) is 46.0 Å². The molecule has 0 atom stereocenters. The van der Waals surface area contributed by atoms with Crippen LogP contribution in [0.25, 0.3) is 10.8 Å². The summed E-state index contributed by atoms with van der Waals surface area (Å²) in [6, 6.07) is 24.2. The van der Waals surface area contributed by atoms with Crippen LogP contribution in [0.3, 0.4) is 0 Å². The number of fused-ring (bicyclic) bond motifs is 1. The van der Waals surface area contributed by atoms with Crippen molar-refractivity contribution < 1.29 is 27.5 Å². The van der Waals surface area contributed by atoms with Crippen LogP contribution >= 0.6 is 0 Å². The molecule has 0 aliphatic heterocycles. The number of rotatable bonds is 9. The number of sulfonamides is 1. The molecule has 0 aromatic heterocycles. The van der Waals surface area contributed by atoms with E-state index in [4.69, 9.17) is 10.5 Å². The van der Waals surface area contributed by atoms with Crippen LogP contribution in [0.15, 0.2) is 84.9 Å². The number of hydrogen-bond donors (Lipinski definition) is 1. The number of para-hydroxylation sites is 1. The number of hydrogen-bond acceptors (Lipinski definition) is 6. The molecule has 4 aromatic carbocycles. The molecular weight excluding hydrogens is 554 g/mol. The summed E-state index contributed by atoms with van der Waals surface area (Å²) < 4.78 is 32.4. The van der Waals surface area contributed by atoms with E-state index in [0.717, 1.165) is 15.9 Å². The van der Waals surface area contributed by atoms with Crippen molar-refractivity contribution in [2.45, 2.75) is 26.2 Å². The van der Waals surface area contributed by atoms with Crippen LogP contribution in [0, 0.1) is 0 Å². The van der Waals surface area contributed by atoms with E-state index in [1.54, 1.807) is 66.7 Å². The summed E-state index contributed by atoms with van der Waals surface area (Å²) in [6.45, 7) is 5.09. The quantitative estimate of drug-likeness (QED) is 0.218. The Labute approximate surface area is 245 Å². The van der Waals surface area contributed by atoms with Crippen LogP contribution in [0.2, 0.25) is 0 Å². The largest absolute Gasteiger partial charge is 0.492 e. The number of anilines is 3. The molecular formula is C32H33N3O6S. The first-order valence-electron chi connectivity index (χ1n) is 13.1. The fourth-order valence-electron chi connectivity index (χ4n) is 4.70. The number of nitrogens with zero attached hydrogens (tertiary/aromatic N) is 2. The zero-order chi connectivity index (χ0) is 30.8. The second-order valence-corrected chi connectivity index (χ2v) is 12.8. The molecule has 0 saturated carbocycles. The van der Waals surface area contributed by atoms with Gasteiger partial charge >= 0.3 is 5.91 Å². The molecule has 4 aromatic rings. The van der Waals surface area contributed by atoms with Crippen LogP contribution in [0.1, 0.15) is 36.7 Å². The lowest BCUT2D eigenvalue weighted by atomic mass is 9.86. The lowest BCUT2D eigenvalue weighted by Gasteiger charge is -2.31. The minimum Gasteiger partial charge on any atom is -0.492 e. The molecule has 42 heavy (non-hydrogen) atoms. The van der Waals surface area contributed by atoms with Crippen LogP contribution in [-0.4, -0.2) is 45.9 Å². The van der Waals surface area contributed by atoms with Crippen LogP contribution in [-0.2, 0) is 25.0 Å². The van der Waals surface area contributed by atoms with Gasteiger partial charge in [0.2, 0.25) is 15.9 Å². The normalized spacial score (nSPS) is 11.6. The molecule has 0 unspecified atom stereocenters. The Balaban J connectivity index is 2.04. The lowest BCUT2D eigenvalue weighted by molar-refractivity contribution is -0.116. The van der Waals surface area contributed by atoms with E-state index in [0.29, 0.717) is 16.6 Å². The molecule has 0 heterocycles. The Morgan fingerprint density at radius 1 is 0.857 bits per heavy atom. The van der Waals surface area contributed by atoms with Crippen molar-refractivity contribution in [3.05, 3.63) is 96.1 Å². The van der Waals surface area contributed by atoms with Crippen LogP contribution < -0.4 is 19.7 Å². The van der Waals surface area contributed by atoms with Crippen LogP contribution in [0.5, 0.6) is 5.75 Å². The van der Waals surface area contributed by atoms with Gasteiger partial charge in [0.1, 0.15) is 6.54 Å². The highest BCUT2D eigenvalue weighted by Gasteiger charge is 2.34. The van der Waals surface area contributed by atoms with Gasteiger partial charge in [0, 0.05) is 11.3 Å². The fraction of sp³-hybridized carbons (Fsp3) is 0.219. The molecule has 0 fully saturated rings. The van der Waals surface area contributed by atoms with Crippen molar-refractivity contribution in [3.63, 3.8) is 0 Å². The Morgan fingerprint density at radius 2 is 1.45 bits per heavy atom. The molecule has 2 amide bonds. The number of ketones is 1. The molecule has 4 rings (SSSR count). The molecule has 0 saturated heterocycles. The second kappa shape index (κ2) is 11.7. The predicted molar refractivity (Wildman–Crippen MR) is 165 cm³/mol. The minimum absolute atomic E-state index is 0.00701. The summed E-state index contributed by atoms with van der Waals surface area (Å²) in [7, 11) is -2.71. The van der Waals surface area contributed by atoms with Crippen molar-refractivity contribution in [2.24, 2.45) is 5.73 Å². The van der Waals surface area contributed by atoms with Crippen molar-refractivity contribution >= 4 is 55.5 Å². The maximum Gasteiger partial charge on any atom is 0.304 e. The first-order chi connectivity index (χ1) is 19.7. The lowest BCUT2D eigenvalue weighted by Crippen LogP contribution is -2.39. The number of nitrogens with two attached hydrogens (primary N) is 1. The number of methoxy groups -OCH3 is 1. The number of benzene rings is 4. The van der Waals surface area contributed by atoms with Gasteiger partial charge in [-0.1, -0.05) is 81.4 Å². The van der Waals surface area contributed by atoms with Crippen molar-refractivity contribution in [1.82, 2.24) is 0 Å². The number of primary amides is 1. The molecule has 0 aliphatic rings. The smallest absolute Gasteiger partial charge is 0.304 e. The highest BCUT2D eigenvalue weighted by atomic mass is 32.2. The Hall–Kier alpha value is -4.70. The topological polar surface area (TPSA) is 127 Å². The van der Waals surface area contributed by atoms with E-state index in [1.165, 1.54) is 12.0 Å². The second-order valence-electron chi connectivity index (χ2n) is 10.9. The first kappa shape index (κ1) is 30.3. The van der Waals surface area contributed by atoms with E-state index >= 15 is 0 Å². The summed E-state index contributed by atoms with van der Waals surface area (Å²) in [5.41, 5.74) is 6.22. The van der Waals surface area contributed by atoms with Gasteiger partial charge in [-0.2, -0.15) is 0 Å². The van der Waals surface area contributed by atoms with E-state index in [1.807, 2.05) is 39.0 Å². The molecule has 0 spiro atoms. The highest BCUT2D eigenvalue weighted by molar-refractivity contribution is 7.92. The predicted octanol–water partition coefficient (Wildman–Crippen LogP) is 4.94. The van der Waals surface area contributed by atoms with Gasteiger partial charge in [-0.15, -0.1) is 0 Å². The number of carbonyl (C=O) groups excluding carboxylic acids is 3. The first-order valence-corrected chi connectivity index (χ1v) is 15.0. The van der Waals surface area contributed by atoms with E-state index in [-0.39, 0.29) is 22.7 Å². The Morgan fingerprint density at radius 3 is 2.05 bits per heavy atom. The number of Topliss-reactive ketones (excluding diaryl/α,β-unsaturated/α-hetero) is 1. The average molecular weight is 588 g/mol. The third-order valence-corrected chi connectivity index (χ3v) is 7.90. The van der Waals surface area contributed by atoms with Crippen molar-refractivity contribution in [3.8, 4) is 5.75 Å². The Bertz CT molecular complexity index is 1770. The van der Waals surface area contributed by atoms with E-state index in [2.05, 4.69) is 0 Å².